The minimum Gasteiger partial charge on any atom is -0.383 e. The number of likely N-dealkylation sites (tertiary alicyclic amines) is 1. The fourth-order valence-corrected chi connectivity index (χ4v) is 4.18. The summed E-state index contributed by atoms with van der Waals surface area (Å²) in [6.07, 6.45) is 3.50. The minimum atomic E-state index is -0.147. The van der Waals surface area contributed by atoms with Crippen LogP contribution >= 0.6 is 11.3 Å². The number of thiazole rings is 1. The highest BCUT2D eigenvalue weighted by Crippen LogP contribution is 2.24. The van der Waals surface area contributed by atoms with Crippen molar-refractivity contribution in [1.29, 1.82) is 0 Å². The number of ether oxygens (including phenoxy) is 1. The van der Waals surface area contributed by atoms with Gasteiger partial charge in [-0.1, -0.05) is 0 Å². The highest BCUT2D eigenvalue weighted by molar-refractivity contribution is 7.13. The van der Waals surface area contributed by atoms with Crippen molar-refractivity contribution in [2.75, 3.05) is 44.8 Å². The zero-order valence-corrected chi connectivity index (χ0v) is 15.5. The van der Waals surface area contributed by atoms with Gasteiger partial charge in [-0.3, -0.25) is 9.59 Å². The van der Waals surface area contributed by atoms with Crippen molar-refractivity contribution in [2.24, 2.45) is 5.92 Å². The molecule has 7 nitrogen and oxygen atoms in total. The van der Waals surface area contributed by atoms with E-state index in [1.165, 1.54) is 12.8 Å². The number of anilines is 1. The number of nitrogens with one attached hydrogen (secondary N) is 1. The third-order valence-electron chi connectivity index (χ3n) is 4.80. The lowest BCUT2D eigenvalue weighted by atomic mass is 9.96. The van der Waals surface area contributed by atoms with Crippen LogP contribution in [0.2, 0.25) is 0 Å². The number of carbonyl (C=O) groups excluding carboxylic acids is 2. The van der Waals surface area contributed by atoms with Gasteiger partial charge in [0.1, 0.15) is 0 Å². The van der Waals surface area contributed by atoms with E-state index in [0.29, 0.717) is 39.1 Å². The zero-order chi connectivity index (χ0) is 17.6. The van der Waals surface area contributed by atoms with Crippen LogP contribution in [0.5, 0.6) is 0 Å². The van der Waals surface area contributed by atoms with Crippen LogP contribution in [0.15, 0.2) is 5.38 Å². The lowest BCUT2D eigenvalue weighted by molar-refractivity contribution is -0.138. The second-order valence-corrected chi connectivity index (χ2v) is 7.44. The van der Waals surface area contributed by atoms with E-state index in [-0.39, 0.29) is 17.7 Å². The average molecular weight is 366 g/mol. The molecule has 0 bridgehead atoms. The molecular formula is C17H26N4O3S. The van der Waals surface area contributed by atoms with Crippen molar-refractivity contribution in [2.45, 2.75) is 32.2 Å². The van der Waals surface area contributed by atoms with Gasteiger partial charge in [-0.05, 0) is 19.3 Å². The zero-order valence-electron chi connectivity index (χ0n) is 14.7. The second-order valence-electron chi connectivity index (χ2n) is 6.60. The Hall–Kier alpha value is -1.67. The first kappa shape index (κ1) is 18.1. The minimum absolute atomic E-state index is 0.00522. The number of rotatable bonds is 7. The van der Waals surface area contributed by atoms with Crippen LogP contribution in [0.25, 0.3) is 0 Å². The molecule has 3 rings (SSSR count). The van der Waals surface area contributed by atoms with E-state index in [1.54, 1.807) is 23.3 Å². The first-order valence-corrected chi connectivity index (χ1v) is 9.79. The van der Waals surface area contributed by atoms with Crippen molar-refractivity contribution in [3.05, 3.63) is 11.1 Å². The number of hydrogen-bond acceptors (Lipinski definition) is 6. The van der Waals surface area contributed by atoms with E-state index >= 15 is 0 Å². The molecule has 1 aromatic rings. The van der Waals surface area contributed by atoms with E-state index in [9.17, 15) is 9.59 Å². The van der Waals surface area contributed by atoms with Crippen molar-refractivity contribution < 1.29 is 14.3 Å². The standard InChI is InChI=1S/C17H26N4O3S/c1-24-9-8-21-11-13(4-5-15(21)22)16(23)18-10-14-12-25-17(19-14)20-6-2-3-7-20/h12-13H,2-11H2,1H3,(H,18,23)/t13-/m1/s1. The number of nitrogens with zero attached hydrogens (tertiary/aromatic N) is 3. The highest BCUT2D eigenvalue weighted by Gasteiger charge is 2.29. The normalized spacial score (nSPS) is 21.0. The van der Waals surface area contributed by atoms with Gasteiger partial charge in [-0.25, -0.2) is 4.98 Å². The summed E-state index contributed by atoms with van der Waals surface area (Å²) < 4.78 is 5.03. The van der Waals surface area contributed by atoms with Crippen LogP contribution in [-0.4, -0.2) is 61.6 Å². The second kappa shape index (κ2) is 8.62. The predicted octanol–water partition coefficient (Wildman–Crippen LogP) is 1.24. The average Bonchev–Trinajstić information content (AvgIpc) is 3.30. The largest absolute Gasteiger partial charge is 0.383 e. The molecule has 1 aromatic heterocycles. The molecule has 0 unspecified atom stereocenters. The summed E-state index contributed by atoms with van der Waals surface area (Å²) in [6, 6.07) is 0. The summed E-state index contributed by atoms with van der Waals surface area (Å²) in [5.74, 6) is -0.0345. The molecule has 0 spiro atoms. The molecule has 3 heterocycles. The fourth-order valence-electron chi connectivity index (χ4n) is 3.30. The maximum atomic E-state index is 12.4. The Balaban J connectivity index is 1.48. The Morgan fingerprint density at radius 3 is 3.00 bits per heavy atom. The van der Waals surface area contributed by atoms with Crippen LogP contribution in [0.4, 0.5) is 5.13 Å². The van der Waals surface area contributed by atoms with E-state index in [0.717, 1.165) is 23.9 Å². The molecule has 1 N–H and O–H groups in total. The van der Waals surface area contributed by atoms with Crippen molar-refractivity contribution in [1.82, 2.24) is 15.2 Å². The number of carbonyl (C=O) groups is 2. The molecule has 2 fully saturated rings. The van der Waals surface area contributed by atoms with E-state index < -0.39 is 0 Å². The first-order chi connectivity index (χ1) is 12.2. The molecule has 0 radical (unpaired) electrons. The SMILES string of the molecule is COCCN1C[C@H](C(=O)NCc2csc(N3CCCC3)n2)CCC1=O. The summed E-state index contributed by atoms with van der Waals surface area (Å²) in [5, 5.41) is 6.05. The van der Waals surface area contributed by atoms with Gasteiger partial charge in [0.25, 0.3) is 0 Å². The maximum absolute atomic E-state index is 12.4. The van der Waals surface area contributed by atoms with E-state index in [2.05, 4.69) is 15.2 Å². The first-order valence-electron chi connectivity index (χ1n) is 8.91. The molecule has 138 valence electrons. The number of piperidine rings is 1. The molecule has 2 aliphatic heterocycles. The molecule has 2 amide bonds. The van der Waals surface area contributed by atoms with Gasteiger partial charge in [0.15, 0.2) is 5.13 Å². The lowest BCUT2D eigenvalue weighted by Crippen LogP contribution is -2.46. The Labute approximate surface area is 152 Å². The Morgan fingerprint density at radius 1 is 1.44 bits per heavy atom. The summed E-state index contributed by atoms with van der Waals surface area (Å²) in [4.78, 5) is 33.0. The van der Waals surface area contributed by atoms with Crippen LogP contribution < -0.4 is 10.2 Å². The summed E-state index contributed by atoms with van der Waals surface area (Å²) in [7, 11) is 1.61. The van der Waals surface area contributed by atoms with Gasteiger partial charge in [-0.2, -0.15) is 0 Å². The van der Waals surface area contributed by atoms with Crippen LogP contribution in [-0.2, 0) is 20.9 Å². The summed E-state index contributed by atoms with van der Waals surface area (Å²) in [6.45, 7) is 4.12. The molecular weight excluding hydrogens is 340 g/mol. The molecule has 0 aliphatic carbocycles. The topological polar surface area (TPSA) is 74.8 Å². The van der Waals surface area contributed by atoms with Crippen LogP contribution in [0.3, 0.4) is 0 Å². The number of aromatic nitrogens is 1. The monoisotopic (exact) mass is 366 g/mol. The van der Waals surface area contributed by atoms with Gasteiger partial charge in [0.2, 0.25) is 11.8 Å². The number of methoxy groups -OCH3 is 1. The molecule has 1 atom stereocenters. The molecule has 2 aliphatic rings. The molecule has 8 heteroatoms. The Bertz CT molecular complexity index is 600. The molecule has 0 saturated carbocycles. The van der Waals surface area contributed by atoms with Gasteiger partial charge >= 0.3 is 0 Å². The van der Waals surface area contributed by atoms with Crippen LogP contribution in [0.1, 0.15) is 31.4 Å². The van der Waals surface area contributed by atoms with Crippen molar-refractivity contribution >= 4 is 28.3 Å². The summed E-state index contributed by atoms with van der Waals surface area (Å²) in [5.41, 5.74) is 0.906. The van der Waals surface area contributed by atoms with Gasteiger partial charge < -0.3 is 19.9 Å². The van der Waals surface area contributed by atoms with E-state index in [1.807, 2.05) is 5.38 Å². The fraction of sp³-hybridized carbons (Fsp3) is 0.706. The Kier molecular flexibility index (Phi) is 6.25. The van der Waals surface area contributed by atoms with E-state index in [4.69, 9.17) is 4.74 Å². The van der Waals surface area contributed by atoms with Crippen molar-refractivity contribution in [3.8, 4) is 0 Å². The summed E-state index contributed by atoms with van der Waals surface area (Å²) >= 11 is 1.64. The highest BCUT2D eigenvalue weighted by atomic mass is 32.1. The quantitative estimate of drug-likeness (QED) is 0.786. The molecule has 25 heavy (non-hydrogen) atoms. The van der Waals surface area contributed by atoms with Crippen molar-refractivity contribution in [3.63, 3.8) is 0 Å². The maximum Gasteiger partial charge on any atom is 0.225 e. The van der Waals surface area contributed by atoms with Crippen LogP contribution in [0, 0.1) is 5.92 Å². The van der Waals surface area contributed by atoms with Gasteiger partial charge in [0.05, 0.1) is 24.8 Å². The Morgan fingerprint density at radius 2 is 2.24 bits per heavy atom. The third kappa shape index (κ3) is 4.70. The lowest BCUT2D eigenvalue weighted by Gasteiger charge is -2.31. The van der Waals surface area contributed by atoms with Gasteiger partial charge in [0, 0.05) is 45.1 Å². The number of amides is 2. The third-order valence-corrected chi connectivity index (χ3v) is 5.75. The molecule has 0 aromatic carbocycles. The predicted molar refractivity (Wildman–Crippen MR) is 96.6 cm³/mol. The number of hydrogen-bond donors (Lipinski definition) is 1. The van der Waals surface area contributed by atoms with Gasteiger partial charge in [-0.15, -0.1) is 11.3 Å². The molecule has 2 saturated heterocycles. The smallest absolute Gasteiger partial charge is 0.225 e.